The minimum Gasteiger partial charge on any atom is -0.488 e. The van der Waals surface area contributed by atoms with Crippen LogP contribution in [-0.2, 0) is 4.74 Å². The summed E-state index contributed by atoms with van der Waals surface area (Å²) in [4.78, 5) is 25.5. The van der Waals surface area contributed by atoms with Gasteiger partial charge in [-0.15, -0.1) is 0 Å². The van der Waals surface area contributed by atoms with E-state index in [1.807, 2.05) is 12.3 Å². The zero-order chi connectivity index (χ0) is 25.0. The summed E-state index contributed by atoms with van der Waals surface area (Å²) in [6.07, 6.45) is 9.47. The standard InChI is InChI=1S/C27H36N8O2/c1-33-10-12-35(13-11-33)25-6-7-30-27(32-25)31-20-2-4-22(5-3-20)37-24-19-21(34-14-16-36-17-15-34)18-23-26(24)29-9-8-28-23/h6-9,18-20,22H,2-5,10-17H2,1H3,(H,30,31,32). The summed E-state index contributed by atoms with van der Waals surface area (Å²) in [7, 11) is 2.17. The minimum absolute atomic E-state index is 0.154. The van der Waals surface area contributed by atoms with Crippen molar-refractivity contribution in [3.05, 3.63) is 36.8 Å². The molecule has 10 heteroatoms. The lowest BCUT2D eigenvalue weighted by Gasteiger charge is -2.33. The average Bonchev–Trinajstić information content (AvgIpc) is 2.95. The second kappa shape index (κ2) is 11.0. The number of nitrogens with zero attached hydrogens (tertiary/aromatic N) is 7. The number of fused-ring (bicyclic) bond motifs is 1. The van der Waals surface area contributed by atoms with E-state index in [2.05, 4.69) is 54.1 Å². The summed E-state index contributed by atoms with van der Waals surface area (Å²) >= 11 is 0. The van der Waals surface area contributed by atoms with E-state index < -0.39 is 0 Å². The van der Waals surface area contributed by atoms with E-state index in [9.17, 15) is 0 Å². The van der Waals surface area contributed by atoms with Crippen molar-refractivity contribution < 1.29 is 9.47 Å². The molecule has 0 amide bonds. The van der Waals surface area contributed by atoms with E-state index in [4.69, 9.17) is 14.5 Å². The summed E-state index contributed by atoms with van der Waals surface area (Å²) < 4.78 is 12.1. The Kier molecular flexibility index (Phi) is 7.18. The molecule has 196 valence electrons. The van der Waals surface area contributed by atoms with Crippen molar-refractivity contribution in [2.75, 3.05) is 74.6 Å². The number of benzene rings is 1. The topological polar surface area (TPSA) is 91.8 Å². The number of aromatic nitrogens is 4. The van der Waals surface area contributed by atoms with Crippen LogP contribution in [0.25, 0.3) is 11.0 Å². The summed E-state index contributed by atoms with van der Waals surface area (Å²) in [6.45, 7) is 7.37. The quantitative estimate of drug-likeness (QED) is 0.540. The molecule has 3 fully saturated rings. The molecule has 2 aromatic heterocycles. The van der Waals surface area contributed by atoms with Crippen LogP contribution in [0.5, 0.6) is 5.75 Å². The van der Waals surface area contributed by atoms with Crippen molar-refractivity contribution >= 4 is 28.5 Å². The molecule has 1 aromatic carbocycles. The molecule has 1 N–H and O–H groups in total. The van der Waals surface area contributed by atoms with Crippen LogP contribution in [0.4, 0.5) is 17.5 Å². The van der Waals surface area contributed by atoms with Gasteiger partial charge in [-0.3, -0.25) is 4.98 Å². The smallest absolute Gasteiger partial charge is 0.224 e. The van der Waals surface area contributed by atoms with Crippen molar-refractivity contribution in [3.8, 4) is 5.75 Å². The number of hydrogen-bond donors (Lipinski definition) is 1. The molecule has 0 bridgehead atoms. The first-order chi connectivity index (χ1) is 18.2. The monoisotopic (exact) mass is 504 g/mol. The van der Waals surface area contributed by atoms with E-state index in [-0.39, 0.29) is 6.10 Å². The summed E-state index contributed by atoms with van der Waals surface area (Å²) in [6, 6.07) is 6.60. The maximum Gasteiger partial charge on any atom is 0.224 e. The Labute approximate surface area is 218 Å². The third kappa shape index (κ3) is 5.70. The van der Waals surface area contributed by atoms with Crippen molar-refractivity contribution in [2.24, 2.45) is 0 Å². The van der Waals surface area contributed by atoms with Gasteiger partial charge in [0.2, 0.25) is 5.95 Å². The first kappa shape index (κ1) is 24.1. The molecule has 0 spiro atoms. The van der Waals surface area contributed by atoms with E-state index in [0.29, 0.717) is 6.04 Å². The van der Waals surface area contributed by atoms with Gasteiger partial charge >= 0.3 is 0 Å². The Morgan fingerprint density at radius 3 is 2.46 bits per heavy atom. The molecular formula is C27H36N8O2. The van der Waals surface area contributed by atoms with Crippen molar-refractivity contribution in [1.29, 1.82) is 0 Å². The molecule has 0 unspecified atom stereocenters. The van der Waals surface area contributed by atoms with E-state index in [1.54, 1.807) is 12.4 Å². The molecule has 1 aliphatic carbocycles. The summed E-state index contributed by atoms with van der Waals surface area (Å²) in [5.41, 5.74) is 2.82. The number of rotatable bonds is 6. The van der Waals surface area contributed by atoms with Gasteiger partial charge in [-0.05, 0) is 44.9 Å². The van der Waals surface area contributed by atoms with Crippen molar-refractivity contribution in [3.63, 3.8) is 0 Å². The first-order valence-electron chi connectivity index (χ1n) is 13.5. The van der Waals surface area contributed by atoms with Gasteiger partial charge in [-0.1, -0.05) is 0 Å². The highest BCUT2D eigenvalue weighted by atomic mass is 16.5. The minimum atomic E-state index is 0.154. The lowest BCUT2D eigenvalue weighted by molar-refractivity contribution is 0.122. The highest BCUT2D eigenvalue weighted by Gasteiger charge is 2.25. The average molecular weight is 505 g/mol. The Bertz CT molecular complexity index is 1190. The predicted molar refractivity (Wildman–Crippen MR) is 145 cm³/mol. The molecule has 3 aliphatic rings. The van der Waals surface area contributed by atoms with Gasteiger partial charge in [0.05, 0.1) is 24.8 Å². The molecule has 4 heterocycles. The van der Waals surface area contributed by atoms with Crippen LogP contribution in [0, 0.1) is 0 Å². The van der Waals surface area contributed by atoms with Gasteiger partial charge in [0.1, 0.15) is 17.1 Å². The van der Waals surface area contributed by atoms with Gasteiger partial charge in [-0.25, -0.2) is 9.97 Å². The van der Waals surface area contributed by atoms with Crippen LogP contribution in [0.15, 0.2) is 36.8 Å². The highest BCUT2D eigenvalue weighted by molar-refractivity contribution is 5.85. The molecule has 3 aromatic rings. The molecular weight excluding hydrogens is 468 g/mol. The second-order valence-electron chi connectivity index (χ2n) is 10.2. The van der Waals surface area contributed by atoms with E-state index in [0.717, 1.165) is 112 Å². The largest absolute Gasteiger partial charge is 0.488 e. The highest BCUT2D eigenvalue weighted by Crippen LogP contribution is 2.33. The maximum atomic E-state index is 6.58. The third-order valence-corrected chi connectivity index (χ3v) is 7.67. The fourth-order valence-corrected chi connectivity index (χ4v) is 5.44. The van der Waals surface area contributed by atoms with Crippen LogP contribution in [-0.4, -0.2) is 96.5 Å². The number of anilines is 3. The van der Waals surface area contributed by atoms with Crippen LogP contribution in [0.2, 0.25) is 0 Å². The number of nitrogens with one attached hydrogen (secondary N) is 1. The molecule has 0 radical (unpaired) electrons. The lowest BCUT2D eigenvalue weighted by Crippen LogP contribution is -2.44. The van der Waals surface area contributed by atoms with E-state index >= 15 is 0 Å². The third-order valence-electron chi connectivity index (χ3n) is 7.67. The van der Waals surface area contributed by atoms with Crippen LogP contribution >= 0.6 is 0 Å². The van der Waals surface area contributed by atoms with Crippen LogP contribution in [0.3, 0.4) is 0 Å². The molecule has 0 atom stereocenters. The second-order valence-corrected chi connectivity index (χ2v) is 10.2. The number of piperazine rings is 1. The fraction of sp³-hybridized carbons (Fsp3) is 0.556. The van der Waals surface area contributed by atoms with Gasteiger partial charge in [-0.2, -0.15) is 4.98 Å². The molecule has 1 saturated carbocycles. The molecule has 2 aliphatic heterocycles. The van der Waals surface area contributed by atoms with E-state index in [1.165, 1.54) is 0 Å². The zero-order valence-electron chi connectivity index (χ0n) is 21.6. The van der Waals surface area contributed by atoms with Crippen LogP contribution < -0.4 is 19.9 Å². The fourth-order valence-electron chi connectivity index (χ4n) is 5.44. The Balaban J connectivity index is 1.08. The van der Waals surface area contributed by atoms with Gasteiger partial charge in [0, 0.05) is 75.7 Å². The molecule has 2 saturated heterocycles. The number of likely N-dealkylation sites (N-methyl/N-ethyl adjacent to an activating group) is 1. The number of morpholine rings is 1. The number of hydrogen-bond acceptors (Lipinski definition) is 10. The Morgan fingerprint density at radius 1 is 0.865 bits per heavy atom. The Morgan fingerprint density at radius 2 is 1.65 bits per heavy atom. The maximum absolute atomic E-state index is 6.58. The Hall–Kier alpha value is -3.24. The first-order valence-corrected chi connectivity index (χ1v) is 13.5. The molecule has 10 nitrogen and oxygen atoms in total. The zero-order valence-corrected chi connectivity index (χ0v) is 21.6. The van der Waals surface area contributed by atoms with Gasteiger partial charge < -0.3 is 29.5 Å². The summed E-state index contributed by atoms with van der Waals surface area (Å²) in [5.74, 6) is 2.56. The van der Waals surface area contributed by atoms with Gasteiger partial charge in [0.25, 0.3) is 0 Å². The molecule has 6 rings (SSSR count). The van der Waals surface area contributed by atoms with Crippen LogP contribution in [0.1, 0.15) is 25.7 Å². The van der Waals surface area contributed by atoms with Crippen molar-refractivity contribution in [1.82, 2.24) is 24.8 Å². The predicted octanol–water partition coefficient (Wildman–Crippen LogP) is 2.81. The normalized spacial score (nSPS) is 23.3. The molecule has 37 heavy (non-hydrogen) atoms. The van der Waals surface area contributed by atoms with Crippen molar-refractivity contribution in [2.45, 2.75) is 37.8 Å². The van der Waals surface area contributed by atoms with Gasteiger partial charge in [0.15, 0.2) is 0 Å². The number of ether oxygens (including phenoxy) is 2. The SMILES string of the molecule is CN1CCN(c2ccnc(NC3CCC(Oc4cc(N5CCOCC5)cc5nccnc45)CC3)n2)CC1. The summed E-state index contributed by atoms with van der Waals surface area (Å²) in [5, 5.41) is 3.58. The lowest BCUT2D eigenvalue weighted by atomic mass is 9.93.